The molecule has 3 N–H and O–H groups in total. The van der Waals surface area contributed by atoms with Gasteiger partial charge in [-0.25, -0.2) is 9.37 Å². The Morgan fingerprint density at radius 3 is 2.74 bits per heavy atom. The Balaban J connectivity index is 1.33. The fourth-order valence-electron chi connectivity index (χ4n) is 3.35. The number of aromatic nitrogens is 4. The van der Waals surface area contributed by atoms with E-state index in [1.165, 1.54) is 24.5 Å². The smallest absolute Gasteiger partial charge is 0.356 e. The summed E-state index contributed by atoms with van der Waals surface area (Å²) in [5.74, 6) is -0.254. The minimum atomic E-state index is -3.79. The molecule has 1 atom stereocenters. The Hall–Kier alpha value is -3.35. The first-order valence-electron chi connectivity index (χ1n) is 11.5. The van der Waals surface area contributed by atoms with Crippen molar-refractivity contribution in [3.63, 3.8) is 0 Å². The topological polar surface area (TPSA) is 151 Å². The standard InChI is InChI=1S/C24H25FN5O6PS/c25-19-8-4-5-17(13-19)14-36-37(33,35-11-12-38-23(32)18-6-2-1-3-7-18)16-34-10-9-30-15-27-20-21(30)28-24(26)29-22(20)31/h1-8,13,15H,9-12,14,16H2,(H3,26,28,29,31). The van der Waals surface area contributed by atoms with Crippen LogP contribution in [0.15, 0.2) is 65.7 Å². The first kappa shape index (κ1) is 27.7. The molecule has 0 amide bonds. The Morgan fingerprint density at radius 2 is 1.95 bits per heavy atom. The molecule has 0 spiro atoms. The molecule has 200 valence electrons. The minimum absolute atomic E-state index is 0.0365. The second-order valence-electron chi connectivity index (χ2n) is 7.95. The molecule has 0 saturated carbocycles. The zero-order valence-corrected chi connectivity index (χ0v) is 21.8. The van der Waals surface area contributed by atoms with Crippen LogP contribution in [0.1, 0.15) is 15.9 Å². The number of thioether (sulfide) groups is 1. The van der Waals surface area contributed by atoms with Gasteiger partial charge >= 0.3 is 7.60 Å². The number of carbonyl (C=O) groups excluding carboxylic acids is 1. The molecule has 2 aromatic heterocycles. The summed E-state index contributed by atoms with van der Waals surface area (Å²) in [6.45, 7) is 0.104. The molecule has 1 unspecified atom stereocenters. The van der Waals surface area contributed by atoms with E-state index in [-0.39, 0.29) is 60.7 Å². The number of benzene rings is 2. The lowest BCUT2D eigenvalue weighted by molar-refractivity contribution is 0.108. The third kappa shape index (κ3) is 7.59. The van der Waals surface area contributed by atoms with E-state index in [0.29, 0.717) is 11.1 Å². The summed E-state index contributed by atoms with van der Waals surface area (Å²) in [5.41, 5.74) is 6.60. The fourth-order valence-corrected chi connectivity index (χ4v) is 5.42. The second kappa shape index (κ2) is 12.9. The van der Waals surface area contributed by atoms with E-state index < -0.39 is 19.0 Å². The van der Waals surface area contributed by atoms with Crippen LogP contribution < -0.4 is 11.3 Å². The van der Waals surface area contributed by atoms with Crippen LogP contribution in [0.2, 0.25) is 0 Å². The quantitative estimate of drug-likeness (QED) is 0.182. The van der Waals surface area contributed by atoms with Gasteiger partial charge in [-0.15, -0.1) is 0 Å². The van der Waals surface area contributed by atoms with Crippen LogP contribution in [0.4, 0.5) is 10.3 Å². The second-order valence-corrected chi connectivity index (χ2v) is 11.0. The van der Waals surface area contributed by atoms with Gasteiger partial charge in [0.2, 0.25) is 11.1 Å². The van der Waals surface area contributed by atoms with Crippen LogP contribution >= 0.6 is 19.4 Å². The third-order valence-electron chi connectivity index (χ3n) is 5.15. The van der Waals surface area contributed by atoms with E-state index in [0.717, 1.165) is 11.8 Å². The van der Waals surface area contributed by atoms with Crippen molar-refractivity contribution in [1.82, 2.24) is 19.5 Å². The van der Waals surface area contributed by atoms with Gasteiger partial charge < -0.3 is 24.1 Å². The van der Waals surface area contributed by atoms with Gasteiger partial charge in [0.15, 0.2) is 11.2 Å². The van der Waals surface area contributed by atoms with Crippen LogP contribution in [0.25, 0.3) is 11.2 Å². The maximum Gasteiger partial charge on any atom is 0.356 e. The number of nitrogens with one attached hydrogen (secondary N) is 1. The number of hydrogen-bond donors (Lipinski definition) is 2. The molecule has 4 rings (SSSR count). The molecule has 4 aromatic rings. The van der Waals surface area contributed by atoms with Crippen molar-refractivity contribution < 1.29 is 27.5 Å². The van der Waals surface area contributed by atoms with Crippen LogP contribution in [0, 0.1) is 5.82 Å². The van der Waals surface area contributed by atoms with Gasteiger partial charge in [-0.3, -0.25) is 19.1 Å². The van der Waals surface area contributed by atoms with Crippen molar-refractivity contribution in [1.29, 1.82) is 0 Å². The molecular weight excluding hydrogens is 536 g/mol. The molecular formula is C24H25FN5O6PS. The minimum Gasteiger partial charge on any atom is -0.369 e. The third-order valence-corrected chi connectivity index (χ3v) is 7.62. The van der Waals surface area contributed by atoms with Gasteiger partial charge in [0, 0.05) is 17.9 Å². The average Bonchev–Trinajstić information content (AvgIpc) is 3.31. The Bertz CT molecular complexity index is 1500. The molecule has 2 aromatic carbocycles. The van der Waals surface area contributed by atoms with Gasteiger partial charge in [-0.05, 0) is 17.7 Å². The summed E-state index contributed by atoms with van der Waals surface area (Å²) in [4.78, 5) is 34.7. The monoisotopic (exact) mass is 561 g/mol. The molecule has 0 bridgehead atoms. The number of fused-ring (bicyclic) bond motifs is 1. The van der Waals surface area contributed by atoms with Crippen molar-refractivity contribution in [3.8, 4) is 0 Å². The van der Waals surface area contributed by atoms with E-state index in [1.807, 2.05) is 6.07 Å². The van der Waals surface area contributed by atoms with Crippen LogP contribution in [-0.4, -0.2) is 49.9 Å². The molecule has 38 heavy (non-hydrogen) atoms. The summed E-state index contributed by atoms with van der Waals surface area (Å²) < 4.78 is 45.2. The maximum atomic E-state index is 13.5. The van der Waals surface area contributed by atoms with Crippen molar-refractivity contribution in [3.05, 3.63) is 88.2 Å². The first-order chi connectivity index (χ1) is 18.3. The average molecular weight is 562 g/mol. The predicted octanol–water partition coefficient (Wildman–Crippen LogP) is 3.82. The number of aromatic amines is 1. The number of nitrogens with zero attached hydrogens (tertiary/aromatic N) is 3. The molecule has 11 nitrogen and oxygen atoms in total. The summed E-state index contributed by atoms with van der Waals surface area (Å²) in [6.07, 6.45) is 1.04. The normalized spacial score (nSPS) is 13.0. The number of rotatable bonds is 13. The Labute approximate surface area is 221 Å². The molecule has 2 heterocycles. The SMILES string of the molecule is Nc1nc2c(ncn2CCOCP(=O)(OCCSC(=O)c2ccccc2)OCc2cccc(F)c2)c(=O)[nH]1. The highest BCUT2D eigenvalue weighted by molar-refractivity contribution is 8.14. The number of nitrogen functional groups attached to an aromatic ring is 1. The summed E-state index contributed by atoms with van der Waals surface area (Å²) in [5, 5.41) is -0.137. The van der Waals surface area contributed by atoms with Crippen molar-refractivity contribution >= 4 is 41.6 Å². The fraction of sp³-hybridized carbons (Fsp3) is 0.250. The maximum absolute atomic E-state index is 13.5. The van der Waals surface area contributed by atoms with E-state index >= 15 is 0 Å². The highest BCUT2D eigenvalue weighted by Gasteiger charge is 2.26. The number of nitrogens with two attached hydrogens (primary N) is 1. The molecule has 0 aliphatic heterocycles. The Morgan fingerprint density at radius 1 is 1.13 bits per heavy atom. The number of anilines is 1. The van der Waals surface area contributed by atoms with E-state index in [9.17, 15) is 18.5 Å². The van der Waals surface area contributed by atoms with Crippen LogP contribution in [0.5, 0.6) is 0 Å². The van der Waals surface area contributed by atoms with Crippen molar-refractivity contribution in [2.24, 2.45) is 0 Å². The molecule has 14 heteroatoms. The van der Waals surface area contributed by atoms with Crippen molar-refractivity contribution in [2.75, 3.05) is 31.0 Å². The predicted molar refractivity (Wildman–Crippen MR) is 141 cm³/mol. The lowest BCUT2D eigenvalue weighted by Gasteiger charge is -2.19. The highest BCUT2D eigenvalue weighted by Crippen LogP contribution is 2.49. The summed E-state index contributed by atoms with van der Waals surface area (Å²) in [7, 11) is -3.79. The number of hydrogen-bond acceptors (Lipinski definition) is 10. The lowest BCUT2D eigenvalue weighted by atomic mass is 10.2. The molecule has 0 fully saturated rings. The van der Waals surface area contributed by atoms with Gasteiger partial charge in [0.1, 0.15) is 12.2 Å². The number of imidazole rings is 1. The van der Waals surface area contributed by atoms with Gasteiger partial charge in [0.05, 0.1) is 26.1 Å². The number of H-pyrrole nitrogens is 1. The zero-order chi connectivity index (χ0) is 27.0. The largest absolute Gasteiger partial charge is 0.369 e. The van der Waals surface area contributed by atoms with Crippen LogP contribution in [-0.2, 0) is 31.5 Å². The summed E-state index contributed by atoms with van der Waals surface area (Å²) in [6, 6.07) is 14.5. The van der Waals surface area contributed by atoms with Gasteiger partial charge in [-0.1, -0.05) is 54.2 Å². The molecule has 0 radical (unpaired) electrons. The Kier molecular flexibility index (Phi) is 9.43. The lowest BCUT2D eigenvalue weighted by Crippen LogP contribution is -2.13. The summed E-state index contributed by atoms with van der Waals surface area (Å²) >= 11 is 1.03. The highest BCUT2D eigenvalue weighted by atomic mass is 32.2. The zero-order valence-electron chi connectivity index (χ0n) is 20.1. The first-order valence-corrected chi connectivity index (χ1v) is 14.2. The number of halogens is 1. The van der Waals surface area contributed by atoms with Crippen LogP contribution in [0.3, 0.4) is 0 Å². The van der Waals surface area contributed by atoms with Crippen molar-refractivity contribution in [2.45, 2.75) is 13.2 Å². The molecule has 0 aliphatic rings. The van der Waals surface area contributed by atoms with Gasteiger partial charge in [0.25, 0.3) is 5.56 Å². The van der Waals surface area contributed by atoms with E-state index in [1.54, 1.807) is 34.9 Å². The number of ether oxygens (including phenoxy) is 1. The number of carbonyl (C=O) groups is 1. The molecule has 0 aliphatic carbocycles. The van der Waals surface area contributed by atoms with E-state index in [2.05, 4.69) is 15.0 Å². The van der Waals surface area contributed by atoms with Gasteiger partial charge in [-0.2, -0.15) is 4.98 Å². The molecule has 0 saturated heterocycles. The van der Waals surface area contributed by atoms with E-state index in [4.69, 9.17) is 19.5 Å².